The summed E-state index contributed by atoms with van der Waals surface area (Å²) in [6.45, 7) is 1.56. The lowest BCUT2D eigenvalue weighted by atomic mass is 10.2. The minimum absolute atomic E-state index is 0.0510. The third kappa shape index (κ3) is 5.62. The number of carbonyl (C=O) groups excluding carboxylic acids is 1. The van der Waals surface area contributed by atoms with Crippen molar-refractivity contribution >= 4 is 43.2 Å². The van der Waals surface area contributed by atoms with Gasteiger partial charge in [-0.2, -0.15) is 0 Å². The molecule has 1 amide bonds. The van der Waals surface area contributed by atoms with E-state index in [4.69, 9.17) is 4.74 Å². The van der Waals surface area contributed by atoms with E-state index in [0.717, 1.165) is 5.56 Å². The van der Waals surface area contributed by atoms with Gasteiger partial charge < -0.3 is 10.1 Å². The molecule has 9 heteroatoms. The lowest BCUT2D eigenvalue weighted by Gasteiger charge is -2.20. The molecule has 0 spiro atoms. The van der Waals surface area contributed by atoms with Crippen molar-refractivity contribution < 1.29 is 22.3 Å². The van der Waals surface area contributed by atoms with Gasteiger partial charge in [-0.3, -0.25) is 9.10 Å². The Balaban J connectivity index is 1.62. The molecule has 1 N–H and O–H groups in total. The number of carbonyl (C=O) groups is 1. The van der Waals surface area contributed by atoms with Crippen LogP contribution in [-0.4, -0.2) is 28.0 Å². The highest BCUT2D eigenvalue weighted by Gasteiger charge is 2.21. The Labute approximate surface area is 188 Å². The zero-order valence-corrected chi connectivity index (χ0v) is 19.2. The second-order valence-electron chi connectivity index (χ2n) is 6.74. The van der Waals surface area contributed by atoms with Crippen molar-refractivity contribution in [2.24, 2.45) is 0 Å². The van der Waals surface area contributed by atoms with Crippen molar-refractivity contribution in [3.05, 3.63) is 82.6 Å². The zero-order chi connectivity index (χ0) is 22.6. The van der Waals surface area contributed by atoms with Crippen LogP contribution >= 0.6 is 15.9 Å². The number of aryl methyl sites for hydroxylation is 1. The van der Waals surface area contributed by atoms with Gasteiger partial charge in [0.1, 0.15) is 11.6 Å². The fourth-order valence-electron chi connectivity index (χ4n) is 2.69. The minimum Gasteiger partial charge on any atom is -0.484 e. The number of anilines is 2. The molecule has 162 valence electrons. The molecule has 3 aromatic rings. The van der Waals surface area contributed by atoms with Crippen LogP contribution in [0.15, 0.2) is 76.1 Å². The second-order valence-corrected chi connectivity index (χ2v) is 9.63. The summed E-state index contributed by atoms with van der Waals surface area (Å²) in [5.41, 5.74) is 1.46. The molecule has 3 aromatic carbocycles. The maximum Gasteiger partial charge on any atom is 0.264 e. The lowest BCUT2D eigenvalue weighted by molar-refractivity contribution is -0.118. The van der Waals surface area contributed by atoms with E-state index in [-0.39, 0.29) is 17.2 Å². The minimum atomic E-state index is -3.70. The predicted octanol–water partition coefficient (Wildman–Crippen LogP) is 4.74. The van der Waals surface area contributed by atoms with Crippen molar-refractivity contribution in [3.8, 4) is 5.75 Å². The lowest BCUT2D eigenvalue weighted by Crippen LogP contribution is -2.26. The van der Waals surface area contributed by atoms with Crippen LogP contribution in [0.25, 0.3) is 0 Å². The van der Waals surface area contributed by atoms with Gasteiger partial charge >= 0.3 is 0 Å². The van der Waals surface area contributed by atoms with Gasteiger partial charge in [0.25, 0.3) is 15.9 Å². The number of nitrogens with zero attached hydrogens (tertiary/aromatic N) is 1. The molecule has 0 saturated carbocycles. The molecule has 0 saturated heterocycles. The average Bonchev–Trinajstić information content (AvgIpc) is 2.74. The first-order valence-corrected chi connectivity index (χ1v) is 11.4. The Morgan fingerprint density at radius 1 is 1.06 bits per heavy atom. The van der Waals surface area contributed by atoms with Crippen LogP contribution < -0.4 is 14.4 Å². The van der Waals surface area contributed by atoms with Crippen LogP contribution in [0.4, 0.5) is 15.8 Å². The van der Waals surface area contributed by atoms with E-state index >= 15 is 0 Å². The summed E-state index contributed by atoms with van der Waals surface area (Å²) in [6.07, 6.45) is 0. The van der Waals surface area contributed by atoms with Crippen LogP contribution in [0.1, 0.15) is 5.56 Å². The molecule has 0 aromatic heterocycles. The molecule has 0 aliphatic heterocycles. The van der Waals surface area contributed by atoms with Crippen molar-refractivity contribution in [1.82, 2.24) is 0 Å². The number of amides is 1. The number of nitrogens with one attached hydrogen (secondary N) is 1. The Morgan fingerprint density at radius 2 is 1.71 bits per heavy atom. The summed E-state index contributed by atoms with van der Waals surface area (Å²) >= 11 is 3.15. The number of ether oxygens (including phenoxy) is 1. The Hall–Kier alpha value is -2.91. The first kappa shape index (κ1) is 22.8. The molecule has 0 unspecified atom stereocenters. The Kier molecular flexibility index (Phi) is 6.97. The molecule has 0 radical (unpaired) electrons. The number of rotatable bonds is 7. The van der Waals surface area contributed by atoms with Gasteiger partial charge in [0.2, 0.25) is 0 Å². The van der Waals surface area contributed by atoms with Crippen molar-refractivity contribution in [2.75, 3.05) is 23.3 Å². The summed E-state index contributed by atoms with van der Waals surface area (Å²) in [5.74, 6) is -0.717. The first-order valence-electron chi connectivity index (χ1n) is 9.20. The molecule has 31 heavy (non-hydrogen) atoms. The van der Waals surface area contributed by atoms with Crippen molar-refractivity contribution in [3.63, 3.8) is 0 Å². The average molecular weight is 507 g/mol. The maximum atomic E-state index is 13.8. The quantitative estimate of drug-likeness (QED) is 0.502. The number of halogens is 2. The van der Waals surface area contributed by atoms with E-state index < -0.39 is 21.7 Å². The van der Waals surface area contributed by atoms with Gasteiger partial charge in [-0.25, -0.2) is 12.8 Å². The Morgan fingerprint density at radius 3 is 2.32 bits per heavy atom. The first-order chi connectivity index (χ1) is 14.7. The van der Waals surface area contributed by atoms with Crippen LogP contribution in [-0.2, 0) is 14.8 Å². The fourth-order valence-corrected chi connectivity index (χ4v) is 4.21. The maximum absolute atomic E-state index is 13.8. The monoisotopic (exact) mass is 506 g/mol. The highest BCUT2D eigenvalue weighted by Crippen LogP contribution is 2.25. The molecule has 3 rings (SSSR count). The molecular weight excluding hydrogens is 487 g/mol. The molecule has 0 fully saturated rings. The van der Waals surface area contributed by atoms with Crippen molar-refractivity contribution in [2.45, 2.75) is 11.8 Å². The highest BCUT2D eigenvalue weighted by atomic mass is 79.9. The number of hydrogen-bond donors (Lipinski definition) is 1. The van der Waals surface area contributed by atoms with Gasteiger partial charge in [0.15, 0.2) is 6.61 Å². The number of benzene rings is 3. The zero-order valence-electron chi connectivity index (χ0n) is 16.8. The SMILES string of the molecule is Cc1ccc(S(=O)(=O)N(C)c2ccc(OCC(=O)Nc3ccc(Br)cc3F)cc2)cc1. The van der Waals surface area contributed by atoms with Gasteiger partial charge in [-0.05, 0) is 61.5 Å². The molecule has 0 atom stereocenters. The smallest absolute Gasteiger partial charge is 0.264 e. The molecule has 0 heterocycles. The summed E-state index contributed by atoms with van der Waals surface area (Å²) < 4.78 is 46.5. The Bertz CT molecular complexity index is 1180. The number of sulfonamides is 1. The van der Waals surface area contributed by atoms with Gasteiger partial charge in [0.05, 0.1) is 16.3 Å². The normalized spacial score (nSPS) is 11.1. The molecule has 6 nitrogen and oxygen atoms in total. The van der Waals surface area contributed by atoms with E-state index in [0.29, 0.717) is 15.9 Å². The predicted molar refractivity (Wildman–Crippen MR) is 121 cm³/mol. The van der Waals surface area contributed by atoms with E-state index in [9.17, 15) is 17.6 Å². The van der Waals surface area contributed by atoms with E-state index in [1.54, 1.807) is 54.6 Å². The highest BCUT2D eigenvalue weighted by molar-refractivity contribution is 9.10. The summed E-state index contributed by atoms with van der Waals surface area (Å²) in [7, 11) is -2.24. The fraction of sp³-hybridized carbons (Fsp3) is 0.136. The molecule has 0 aliphatic carbocycles. The molecular formula is C22H20BrFN2O4S. The largest absolute Gasteiger partial charge is 0.484 e. The third-order valence-corrected chi connectivity index (χ3v) is 6.75. The standard InChI is InChI=1S/C22H20BrFN2O4S/c1-15-3-10-19(11-4-15)31(28,29)26(2)17-6-8-18(9-7-17)30-14-22(27)25-21-12-5-16(23)13-20(21)24/h3-13H,14H2,1-2H3,(H,25,27). The number of hydrogen-bond acceptors (Lipinski definition) is 4. The summed E-state index contributed by atoms with van der Waals surface area (Å²) in [4.78, 5) is 12.2. The van der Waals surface area contributed by atoms with E-state index in [1.165, 1.54) is 23.5 Å². The van der Waals surface area contributed by atoms with Crippen molar-refractivity contribution in [1.29, 1.82) is 0 Å². The molecule has 0 aliphatic rings. The topological polar surface area (TPSA) is 75.7 Å². The van der Waals surface area contributed by atoms with Crippen LogP contribution in [0.3, 0.4) is 0 Å². The van der Waals surface area contributed by atoms with Crippen LogP contribution in [0, 0.1) is 12.7 Å². The second kappa shape index (κ2) is 9.49. The van der Waals surface area contributed by atoms with Gasteiger partial charge in [0, 0.05) is 11.5 Å². The van der Waals surface area contributed by atoms with Gasteiger partial charge in [-0.1, -0.05) is 33.6 Å². The van der Waals surface area contributed by atoms with E-state index in [2.05, 4.69) is 21.2 Å². The van der Waals surface area contributed by atoms with Crippen LogP contribution in [0.2, 0.25) is 0 Å². The van der Waals surface area contributed by atoms with Gasteiger partial charge in [-0.15, -0.1) is 0 Å². The summed E-state index contributed by atoms with van der Waals surface area (Å²) in [6, 6.07) is 17.2. The third-order valence-electron chi connectivity index (χ3n) is 4.45. The van der Waals surface area contributed by atoms with E-state index in [1.807, 2.05) is 6.92 Å². The molecule has 0 bridgehead atoms. The van der Waals surface area contributed by atoms with Crippen LogP contribution in [0.5, 0.6) is 5.75 Å². The summed E-state index contributed by atoms with van der Waals surface area (Å²) in [5, 5.41) is 2.43.